The van der Waals surface area contributed by atoms with E-state index in [9.17, 15) is 4.79 Å². The monoisotopic (exact) mass is 307 g/mol. The van der Waals surface area contributed by atoms with Crippen LogP contribution in [0, 0.1) is 6.07 Å². The Kier molecular flexibility index (Phi) is 4.65. The van der Waals surface area contributed by atoms with Gasteiger partial charge >= 0.3 is 0 Å². The molecule has 2 aromatic carbocycles. The minimum absolute atomic E-state index is 0.140. The van der Waals surface area contributed by atoms with Gasteiger partial charge in [0.1, 0.15) is 0 Å². The fraction of sp³-hybridized carbons (Fsp3) is 0.350. The summed E-state index contributed by atoms with van der Waals surface area (Å²) < 4.78 is 0. The van der Waals surface area contributed by atoms with Crippen LogP contribution in [0.4, 0.5) is 5.69 Å². The molecule has 0 N–H and O–H groups in total. The first-order valence-electron chi connectivity index (χ1n) is 8.25. The number of amides is 1. The summed E-state index contributed by atoms with van der Waals surface area (Å²) in [5, 5.41) is 0. The van der Waals surface area contributed by atoms with Crippen LogP contribution in [0.3, 0.4) is 0 Å². The second-order valence-electron chi connectivity index (χ2n) is 6.31. The van der Waals surface area contributed by atoms with Gasteiger partial charge in [-0.05, 0) is 41.8 Å². The molecular formula is C20H23N2O. The molecule has 1 radical (unpaired) electrons. The van der Waals surface area contributed by atoms with Gasteiger partial charge in [-0.3, -0.25) is 4.79 Å². The molecular weight excluding hydrogens is 284 g/mol. The SMILES string of the molecule is CC(C)c1ccc(C(=O)N2CCN(c3cc[c]cc3)CC2)cc1. The second kappa shape index (κ2) is 6.86. The highest BCUT2D eigenvalue weighted by Crippen LogP contribution is 2.18. The normalized spacial score (nSPS) is 15.1. The predicted octanol–water partition coefficient (Wildman–Crippen LogP) is 3.57. The van der Waals surface area contributed by atoms with Gasteiger partial charge < -0.3 is 9.80 Å². The molecule has 1 fully saturated rings. The van der Waals surface area contributed by atoms with Crippen molar-refractivity contribution in [2.24, 2.45) is 0 Å². The molecule has 2 aromatic rings. The summed E-state index contributed by atoms with van der Waals surface area (Å²) >= 11 is 0. The average molecular weight is 307 g/mol. The largest absolute Gasteiger partial charge is 0.368 e. The van der Waals surface area contributed by atoms with E-state index >= 15 is 0 Å². The third-order valence-electron chi connectivity index (χ3n) is 4.46. The second-order valence-corrected chi connectivity index (χ2v) is 6.31. The van der Waals surface area contributed by atoms with Crippen molar-refractivity contribution in [3.05, 3.63) is 65.7 Å². The van der Waals surface area contributed by atoms with Crippen molar-refractivity contribution in [3.8, 4) is 0 Å². The van der Waals surface area contributed by atoms with E-state index in [2.05, 4.69) is 49.1 Å². The number of rotatable bonds is 3. The summed E-state index contributed by atoms with van der Waals surface area (Å²) in [4.78, 5) is 16.9. The van der Waals surface area contributed by atoms with Crippen LogP contribution in [0.1, 0.15) is 35.7 Å². The van der Waals surface area contributed by atoms with E-state index in [0.717, 1.165) is 31.7 Å². The van der Waals surface area contributed by atoms with Gasteiger partial charge in [-0.15, -0.1) is 0 Å². The molecule has 0 spiro atoms. The summed E-state index contributed by atoms with van der Waals surface area (Å²) in [5.41, 5.74) is 3.27. The fourth-order valence-electron chi connectivity index (χ4n) is 2.95. The summed E-state index contributed by atoms with van der Waals surface area (Å²) in [6.45, 7) is 7.61. The Balaban J connectivity index is 1.62. The van der Waals surface area contributed by atoms with Crippen molar-refractivity contribution in [1.82, 2.24) is 4.90 Å². The van der Waals surface area contributed by atoms with E-state index in [4.69, 9.17) is 0 Å². The molecule has 1 aliphatic rings. The van der Waals surface area contributed by atoms with Crippen molar-refractivity contribution >= 4 is 11.6 Å². The number of benzene rings is 2. The number of hydrogen-bond acceptors (Lipinski definition) is 2. The number of carbonyl (C=O) groups excluding carboxylic acids is 1. The lowest BCUT2D eigenvalue weighted by molar-refractivity contribution is 0.0747. The third kappa shape index (κ3) is 3.55. The van der Waals surface area contributed by atoms with E-state index in [1.54, 1.807) is 0 Å². The summed E-state index contributed by atoms with van der Waals surface area (Å²) in [7, 11) is 0. The lowest BCUT2D eigenvalue weighted by atomic mass is 10.0. The van der Waals surface area contributed by atoms with Crippen LogP contribution >= 0.6 is 0 Å². The summed E-state index contributed by atoms with van der Waals surface area (Å²) in [6.07, 6.45) is 0. The number of carbonyl (C=O) groups is 1. The molecule has 1 amide bonds. The first-order chi connectivity index (χ1) is 11.1. The van der Waals surface area contributed by atoms with Crippen molar-refractivity contribution in [2.75, 3.05) is 31.1 Å². The van der Waals surface area contributed by atoms with Crippen molar-refractivity contribution in [2.45, 2.75) is 19.8 Å². The molecule has 0 unspecified atom stereocenters. The van der Waals surface area contributed by atoms with Gasteiger partial charge in [0, 0.05) is 37.4 Å². The van der Waals surface area contributed by atoms with Gasteiger partial charge in [-0.1, -0.05) is 38.1 Å². The van der Waals surface area contributed by atoms with E-state index in [1.165, 1.54) is 11.3 Å². The molecule has 1 saturated heterocycles. The van der Waals surface area contributed by atoms with Gasteiger partial charge in [-0.2, -0.15) is 0 Å². The zero-order valence-electron chi connectivity index (χ0n) is 13.8. The minimum Gasteiger partial charge on any atom is -0.368 e. The Bertz CT molecular complexity index is 641. The summed E-state index contributed by atoms with van der Waals surface area (Å²) in [5.74, 6) is 0.632. The number of anilines is 1. The standard InChI is InChI=1S/C20H23N2O/c1-16(2)17-8-10-18(11-9-17)20(23)22-14-12-21(13-15-22)19-6-4-3-5-7-19/h4-11,16H,12-15H2,1-2H3. The van der Waals surface area contributed by atoms with E-state index in [1.807, 2.05) is 29.2 Å². The van der Waals surface area contributed by atoms with Crippen LogP contribution in [-0.4, -0.2) is 37.0 Å². The Morgan fingerprint density at radius 2 is 1.57 bits per heavy atom. The van der Waals surface area contributed by atoms with E-state index in [-0.39, 0.29) is 5.91 Å². The smallest absolute Gasteiger partial charge is 0.253 e. The minimum atomic E-state index is 0.140. The molecule has 3 nitrogen and oxygen atoms in total. The molecule has 23 heavy (non-hydrogen) atoms. The highest BCUT2D eigenvalue weighted by atomic mass is 16.2. The Morgan fingerprint density at radius 3 is 2.13 bits per heavy atom. The van der Waals surface area contributed by atoms with Gasteiger partial charge in [0.05, 0.1) is 0 Å². The highest BCUT2D eigenvalue weighted by Gasteiger charge is 2.22. The van der Waals surface area contributed by atoms with Crippen LogP contribution in [0.5, 0.6) is 0 Å². The van der Waals surface area contributed by atoms with Gasteiger partial charge in [0.15, 0.2) is 0 Å². The maximum atomic E-state index is 12.6. The number of piperazine rings is 1. The Hall–Kier alpha value is -2.29. The topological polar surface area (TPSA) is 23.6 Å². The zero-order valence-corrected chi connectivity index (χ0v) is 13.8. The van der Waals surface area contributed by atoms with Crippen molar-refractivity contribution in [1.29, 1.82) is 0 Å². The molecule has 0 aromatic heterocycles. The summed E-state index contributed by atoms with van der Waals surface area (Å²) in [6, 6.07) is 19.1. The van der Waals surface area contributed by atoms with Gasteiger partial charge in [-0.25, -0.2) is 0 Å². The maximum Gasteiger partial charge on any atom is 0.253 e. The molecule has 1 heterocycles. The lowest BCUT2D eigenvalue weighted by Crippen LogP contribution is -2.48. The first-order valence-corrected chi connectivity index (χ1v) is 8.25. The first kappa shape index (κ1) is 15.6. The molecule has 1 aliphatic heterocycles. The van der Waals surface area contributed by atoms with Crippen LogP contribution < -0.4 is 4.90 Å². The molecule has 3 heteroatoms. The Labute approximate surface area is 138 Å². The fourth-order valence-corrected chi connectivity index (χ4v) is 2.95. The number of nitrogens with zero attached hydrogens (tertiary/aromatic N) is 2. The molecule has 119 valence electrons. The maximum absolute atomic E-state index is 12.6. The van der Waals surface area contributed by atoms with Gasteiger partial charge in [0.25, 0.3) is 5.91 Å². The van der Waals surface area contributed by atoms with E-state index < -0.39 is 0 Å². The zero-order chi connectivity index (χ0) is 16.2. The molecule has 3 rings (SSSR count). The van der Waals surface area contributed by atoms with Gasteiger partial charge in [0.2, 0.25) is 0 Å². The Morgan fingerprint density at radius 1 is 0.957 bits per heavy atom. The van der Waals surface area contributed by atoms with Crippen LogP contribution in [0.25, 0.3) is 0 Å². The van der Waals surface area contributed by atoms with Crippen LogP contribution in [-0.2, 0) is 0 Å². The predicted molar refractivity (Wildman–Crippen MR) is 93.9 cm³/mol. The molecule has 0 bridgehead atoms. The van der Waals surface area contributed by atoms with Crippen molar-refractivity contribution in [3.63, 3.8) is 0 Å². The van der Waals surface area contributed by atoms with Crippen LogP contribution in [0.15, 0.2) is 48.5 Å². The molecule has 0 aliphatic carbocycles. The van der Waals surface area contributed by atoms with E-state index in [0.29, 0.717) is 5.92 Å². The molecule has 0 saturated carbocycles. The number of hydrogen-bond donors (Lipinski definition) is 0. The van der Waals surface area contributed by atoms with Crippen LogP contribution in [0.2, 0.25) is 0 Å². The average Bonchev–Trinajstić information content (AvgIpc) is 2.62. The highest BCUT2D eigenvalue weighted by molar-refractivity contribution is 5.94. The third-order valence-corrected chi connectivity index (χ3v) is 4.46. The van der Waals surface area contributed by atoms with Crippen molar-refractivity contribution < 1.29 is 4.79 Å². The molecule has 0 atom stereocenters. The quantitative estimate of drug-likeness (QED) is 0.865. The lowest BCUT2D eigenvalue weighted by Gasteiger charge is -2.36.